The van der Waals surface area contributed by atoms with Gasteiger partial charge in [0.05, 0.1) is 0 Å². The summed E-state index contributed by atoms with van der Waals surface area (Å²) < 4.78 is 0. The van der Waals surface area contributed by atoms with Crippen LogP contribution in [0.25, 0.3) is 0 Å². The summed E-state index contributed by atoms with van der Waals surface area (Å²) in [6.07, 6.45) is 8.67. The van der Waals surface area contributed by atoms with Crippen LogP contribution in [0.1, 0.15) is 50.6 Å². The Morgan fingerprint density at radius 1 is 1.17 bits per heavy atom. The Labute approximate surface area is 111 Å². The molecule has 1 unspecified atom stereocenters. The van der Waals surface area contributed by atoms with Crippen molar-refractivity contribution in [3.05, 3.63) is 23.9 Å². The third kappa shape index (κ3) is 3.45. The molecule has 1 atom stereocenters. The van der Waals surface area contributed by atoms with Crippen LogP contribution < -0.4 is 10.2 Å². The van der Waals surface area contributed by atoms with Crippen molar-refractivity contribution in [1.82, 2.24) is 10.3 Å². The molecule has 0 aromatic carbocycles. The average Bonchev–Trinajstić information content (AvgIpc) is 2.37. The minimum atomic E-state index is 0.390. The van der Waals surface area contributed by atoms with Crippen LogP contribution in [0.5, 0.6) is 0 Å². The number of nitrogens with zero attached hydrogens (tertiary/aromatic N) is 2. The first kappa shape index (κ1) is 13.3. The number of hydrogen-bond acceptors (Lipinski definition) is 3. The minimum absolute atomic E-state index is 0.390. The largest absolute Gasteiger partial charge is 0.357 e. The molecule has 0 bridgehead atoms. The zero-order valence-corrected chi connectivity index (χ0v) is 11.7. The van der Waals surface area contributed by atoms with E-state index in [9.17, 15) is 0 Å². The zero-order valence-electron chi connectivity index (χ0n) is 11.7. The van der Waals surface area contributed by atoms with Crippen molar-refractivity contribution in [1.29, 1.82) is 0 Å². The van der Waals surface area contributed by atoms with Crippen molar-refractivity contribution in [3.63, 3.8) is 0 Å². The van der Waals surface area contributed by atoms with Gasteiger partial charge in [0.1, 0.15) is 5.82 Å². The summed E-state index contributed by atoms with van der Waals surface area (Å²) in [7, 11) is 2.00. The standard InChI is InChI=1S/C15H25N3/c1-13(16-2)14-8-9-17-15(12-14)18-10-6-4-3-5-7-11-18/h8-9,12-13,16H,3-7,10-11H2,1-2H3. The summed E-state index contributed by atoms with van der Waals surface area (Å²) >= 11 is 0. The van der Waals surface area contributed by atoms with Gasteiger partial charge in [-0.05, 0) is 44.5 Å². The van der Waals surface area contributed by atoms with Gasteiger partial charge in [-0.3, -0.25) is 0 Å². The molecule has 18 heavy (non-hydrogen) atoms. The molecule has 1 aliphatic rings. The Kier molecular flexibility index (Phi) is 5.00. The molecule has 2 rings (SSSR count). The van der Waals surface area contributed by atoms with Crippen LogP contribution in [-0.2, 0) is 0 Å². The highest BCUT2D eigenvalue weighted by Crippen LogP contribution is 2.20. The van der Waals surface area contributed by atoms with Gasteiger partial charge in [0, 0.05) is 25.3 Å². The van der Waals surface area contributed by atoms with Crippen LogP contribution in [0.4, 0.5) is 5.82 Å². The van der Waals surface area contributed by atoms with Gasteiger partial charge in [-0.25, -0.2) is 4.98 Å². The van der Waals surface area contributed by atoms with Gasteiger partial charge in [0.25, 0.3) is 0 Å². The van der Waals surface area contributed by atoms with Crippen molar-refractivity contribution in [3.8, 4) is 0 Å². The fourth-order valence-corrected chi connectivity index (χ4v) is 2.52. The van der Waals surface area contributed by atoms with Crippen LogP contribution in [0.15, 0.2) is 18.3 Å². The number of pyridine rings is 1. The molecule has 0 aliphatic carbocycles. The smallest absolute Gasteiger partial charge is 0.128 e. The highest BCUT2D eigenvalue weighted by Gasteiger charge is 2.11. The maximum absolute atomic E-state index is 4.55. The second-order valence-corrected chi connectivity index (χ2v) is 5.21. The Bertz CT molecular complexity index is 357. The summed E-state index contributed by atoms with van der Waals surface area (Å²) in [6.45, 7) is 4.50. The van der Waals surface area contributed by atoms with Gasteiger partial charge < -0.3 is 10.2 Å². The monoisotopic (exact) mass is 247 g/mol. The number of hydrogen-bond donors (Lipinski definition) is 1. The molecule has 1 fully saturated rings. The maximum atomic E-state index is 4.55. The molecule has 0 spiro atoms. The molecule has 0 saturated carbocycles. The quantitative estimate of drug-likeness (QED) is 0.889. The van der Waals surface area contributed by atoms with Gasteiger partial charge >= 0.3 is 0 Å². The molecule has 3 nitrogen and oxygen atoms in total. The number of rotatable bonds is 3. The molecule has 0 amide bonds. The summed E-state index contributed by atoms with van der Waals surface area (Å²) in [5, 5.41) is 3.29. The van der Waals surface area contributed by atoms with Gasteiger partial charge in [-0.2, -0.15) is 0 Å². The first-order valence-electron chi connectivity index (χ1n) is 7.19. The van der Waals surface area contributed by atoms with E-state index in [1.807, 2.05) is 13.2 Å². The van der Waals surface area contributed by atoms with Crippen molar-refractivity contribution in [2.24, 2.45) is 0 Å². The third-order valence-electron chi connectivity index (χ3n) is 3.88. The SMILES string of the molecule is CNC(C)c1ccnc(N2CCCCCCC2)c1. The number of anilines is 1. The lowest BCUT2D eigenvalue weighted by Crippen LogP contribution is -2.28. The molecule has 0 radical (unpaired) electrons. The Morgan fingerprint density at radius 2 is 1.83 bits per heavy atom. The fraction of sp³-hybridized carbons (Fsp3) is 0.667. The van der Waals surface area contributed by atoms with Gasteiger partial charge in [0.15, 0.2) is 0 Å². The van der Waals surface area contributed by atoms with E-state index in [0.717, 1.165) is 18.9 Å². The van der Waals surface area contributed by atoms with E-state index in [2.05, 4.69) is 34.3 Å². The van der Waals surface area contributed by atoms with Crippen LogP contribution in [0.3, 0.4) is 0 Å². The third-order valence-corrected chi connectivity index (χ3v) is 3.88. The molecule has 2 heterocycles. The molecule has 3 heteroatoms. The van der Waals surface area contributed by atoms with E-state index in [-0.39, 0.29) is 0 Å². The first-order valence-corrected chi connectivity index (χ1v) is 7.19. The van der Waals surface area contributed by atoms with E-state index in [0.29, 0.717) is 6.04 Å². The second kappa shape index (κ2) is 6.74. The molecule has 1 aliphatic heterocycles. The normalized spacial score (nSPS) is 19.1. The van der Waals surface area contributed by atoms with Crippen LogP contribution >= 0.6 is 0 Å². The molecular weight excluding hydrogens is 222 g/mol. The van der Waals surface area contributed by atoms with Crippen molar-refractivity contribution < 1.29 is 0 Å². The summed E-state index contributed by atoms with van der Waals surface area (Å²) in [5.41, 5.74) is 1.32. The highest BCUT2D eigenvalue weighted by molar-refractivity contribution is 5.41. The lowest BCUT2D eigenvalue weighted by Gasteiger charge is -2.26. The van der Waals surface area contributed by atoms with E-state index in [1.54, 1.807) is 0 Å². The lowest BCUT2D eigenvalue weighted by atomic mass is 10.1. The summed E-state index contributed by atoms with van der Waals surface area (Å²) in [6, 6.07) is 4.74. The Morgan fingerprint density at radius 3 is 2.50 bits per heavy atom. The number of nitrogens with one attached hydrogen (secondary N) is 1. The van der Waals surface area contributed by atoms with Crippen molar-refractivity contribution in [2.75, 3.05) is 25.0 Å². The topological polar surface area (TPSA) is 28.2 Å². The molecule has 100 valence electrons. The zero-order chi connectivity index (χ0) is 12.8. The van der Waals surface area contributed by atoms with E-state index >= 15 is 0 Å². The van der Waals surface area contributed by atoms with Gasteiger partial charge in [0.2, 0.25) is 0 Å². The minimum Gasteiger partial charge on any atom is -0.357 e. The highest BCUT2D eigenvalue weighted by atomic mass is 15.2. The van der Waals surface area contributed by atoms with Crippen LogP contribution in [-0.4, -0.2) is 25.1 Å². The molecule has 1 N–H and O–H groups in total. The molecular formula is C15H25N3. The van der Waals surface area contributed by atoms with Gasteiger partial charge in [-0.15, -0.1) is 0 Å². The van der Waals surface area contributed by atoms with E-state index in [4.69, 9.17) is 0 Å². The Balaban J connectivity index is 2.10. The molecule has 1 saturated heterocycles. The van der Waals surface area contributed by atoms with Gasteiger partial charge in [-0.1, -0.05) is 19.3 Å². The van der Waals surface area contributed by atoms with Crippen molar-refractivity contribution >= 4 is 5.82 Å². The predicted molar refractivity (Wildman–Crippen MR) is 77.0 cm³/mol. The first-order chi connectivity index (χ1) is 8.81. The van der Waals surface area contributed by atoms with Crippen LogP contribution in [0, 0.1) is 0 Å². The summed E-state index contributed by atoms with van der Waals surface area (Å²) in [5.74, 6) is 1.15. The van der Waals surface area contributed by atoms with Crippen LogP contribution in [0.2, 0.25) is 0 Å². The fourth-order valence-electron chi connectivity index (χ4n) is 2.52. The Hall–Kier alpha value is -1.09. The average molecular weight is 247 g/mol. The van der Waals surface area contributed by atoms with Crippen molar-refractivity contribution in [2.45, 2.75) is 45.1 Å². The maximum Gasteiger partial charge on any atom is 0.128 e. The predicted octanol–water partition coefficient (Wildman–Crippen LogP) is 3.13. The number of aromatic nitrogens is 1. The summed E-state index contributed by atoms with van der Waals surface area (Å²) in [4.78, 5) is 7.00. The second-order valence-electron chi connectivity index (χ2n) is 5.21. The van der Waals surface area contributed by atoms with E-state index < -0.39 is 0 Å². The molecule has 1 aromatic rings. The molecule has 1 aromatic heterocycles. The van der Waals surface area contributed by atoms with E-state index in [1.165, 1.54) is 37.7 Å². The lowest BCUT2D eigenvalue weighted by molar-refractivity contribution is 0.553.